The van der Waals surface area contributed by atoms with E-state index in [-0.39, 0.29) is 5.48 Å². The Morgan fingerprint density at radius 2 is 1.35 bits per heavy atom. The lowest BCUT2D eigenvalue weighted by Crippen LogP contribution is -2.33. The second-order valence-electron chi connectivity index (χ2n) is 8.90. The predicted octanol–water partition coefficient (Wildman–Crippen LogP) is 5.31. The zero-order valence-electron chi connectivity index (χ0n) is 19.8. The fourth-order valence-corrected chi connectivity index (χ4v) is 4.90. The highest BCUT2D eigenvalue weighted by Crippen LogP contribution is 2.39. The molecule has 4 nitrogen and oxygen atoms in total. The molecule has 2 aromatic rings. The monoisotopic (exact) mass is 427 g/mol. The first-order valence-corrected chi connectivity index (χ1v) is 11.7. The van der Waals surface area contributed by atoms with Crippen molar-refractivity contribution in [2.24, 2.45) is 11.8 Å². The number of rotatable bonds is 6. The average Bonchev–Trinajstić information content (AvgIpc) is 3.16. The molecule has 0 spiro atoms. The highest BCUT2D eigenvalue weighted by molar-refractivity contribution is 5.49. The number of likely N-dealkylation sites (tertiary alicyclic amines) is 1. The predicted molar refractivity (Wildman–Crippen MR) is 129 cm³/mol. The van der Waals surface area contributed by atoms with Crippen molar-refractivity contribution in [3.63, 3.8) is 0 Å². The van der Waals surface area contributed by atoms with Crippen molar-refractivity contribution in [3.8, 4) is 11.5 Å². The van der Waals surface area contributed by atoms with Gasteiger partial charge in [0.25, 0.3) is 0 Å². The first-order valence-electron chi connectivity index (χ1n) is 11.7. The number of hydrogen-bond acceptors (Lipinski definition) is 3. The van der Waals surface area contributed by atoms with E-state index in [1.807, 2.05) is 0 Å². The number of piperidine rings is 1. The van der Waals surface area contributed by atoms with Crippen LogP contribution in [-0.4, -0.2) is 37.7 Å². The lowest BCUT2D eigenvalue weighted by Gasteiger charge is -2.33. The Bertz CT molecular complexity index is 737. The Morgan fingerprint density at radius 1 is 0.839 bits per heavy atom. The van der Waals surface area contributed by atoms with E-state index >= 15 is 0 Å². The van der Waals surface area contributed by atoms with Crippen LogP contribution in [0.4, 0.5) is 0 Å². The molecule has 31 heavy (non-hydrogen) atoms. The summed E-state index contributed by atoms with van der Waals surface area (Å²) < 4.78 is 11.0. The summed E-state index contributed by atoms with van der Waals surface area (Å²) in [7, 11) is 3.44. The second-order valence-corrected chi connectivity index (χ2v) is 8.90. The van der Waals surface area contributed by atoms with Crippen molar-refractivity contribution in [1.82, 2.24) is 4.90 Å². The van der Waals surface area contributed by atoms with E-state index in [0.29, 0.717) is 0 Å². The fraction of sp³-hybridized carbons (Fsp3) is 0.556. The molecule has 0 atom stereocenters. The average molecular weight is 428 g/mol. The van der Waals surface area contributed by atoms with E-state index in [1.165, 1.54) is 68.3 Å². The summed E-state index contributed by atoms with van der Waals surface area (Å²) in [4.78, 5) is 2.62. The van der Waals surface area contributed by atoms with Crippen LogP contribution in [0.5, 0.6) is 11.5 Å². The molecule has 1 heterocycles. The molecule has 0 amide bonds. The van der Waals surface area contributed by atoms with Gasteiger partial charge in [-0.3, -0.25) is 4.90 Å². The molecule has 1 aliphatic carbocycles. The van der Waals surface area contributed by atoms with Crippen LogP contribution in [0, 0.1) is 11.8 Å². The number of benzene rings is 2. The minimum absolute atomic E-state index is 0. The molecule has 0 unspecified atom stereocenters. The molecular formula is C27H41NO3. The molecule has 2 aromatic carbocycles. The molecule has 2 aliphatic rings. The van der Waals surface area contributed by atoms with Gasteiger partial charge in [0, 0.05) is 6.54 Å². The third-order valence-electron chi connectivity index (χ3n) is 6.35. The highest BCUT2D eigenvalue weighted by Gasteiger charge is 2.28. The highest BCUT2D eigenvalue weighted by atomic mass is 16.5. The van der Waals surface area contributed by atoms with Gasteiger partial charge in [0.2, 0.25) is 0 Å². The van der Waals surface area contributed by atoms with Crippen LogP contribution >= 0.6 is 0 Å². The van der Waals surface area contributed by atoms with Gasteiger partial charge in [0.1, 0.15) is 0 Å². The van der Waals surface area contributed by atoms with Gasteiger partial charge in [-0.1, -0.05) is 50.6 Å². The van der Waals surface area contributed by atoms with Gasteiger partial charge in [-0.05, 0) is 85.9 Å². The van der Waals surface area contributed by atoms with Gasteiger partial charge in [-0.25, -0.2) is 0 Å². The topological polar surface area (TPSA) is 53.2 Å². The van der Waals surface area contributed by atoms with E-state index in [1.54, 1.807) is 14.2 Å². The summed E-state index contributed by atoms with van der Waals surface area (Å²) in [5.41, 5.74) is 4.35. The molecule has 0 bridgehead atoms. The first kappa shape index (κ1) is 25.2. The largest absolute Gasteiger partial charge is 0.493 e. The van der Waals surface area contributed by atoms with Crippen LogP contribution in [0.25, 0.3) is 0 Å². The summed E-state index contributed by atoms with van der Waals surface area (Å²) in [6.07, 6.45) is 7.68. The number of hydrogen-bond donors (Lipinski definition) is 0. The lowest BCUT2D eigenvalue weighted by molar-refractivity contribution is 0.161. The maximum atomic E-state index is 5.48. The van der Waals surface area contributed by atoms with Crippen LogP contribution < -0.4 is 9.47 Å². The van der Waals surface area contributed by atoms with Crippen LogP contribution in [0.1, 0.15) is 56.2 Å². The van der Waals surface area contributed by atoms with Crippen LogP contribution in [-0.2, 0) is 19.4 Å². The lowest BCUT2D eigenvalue weighted by atomic mass is 9.86. The molecular weight excluding hydrogens is 386 g/mol. The van der Waals surface area contributed by atoms with Crippen molar-refractivity contribution in [1.29, 1.82) is 0 Å². The Hall–Kier alpha value is -2.04. The maximum absolute atomic E-state index is 5.48. The molecule has 1 aliphatic heterocycles. The number of nitrogens with zero attached hydrogens (tertiary/aromatic N) is 1. The minimum atomic E-state index is 0. The SMILES string of the molecule is CCC.COc1cc2c(cc1OC)CC(CC1CCN(Cc3ccccc3)CC1)C2.O. The summed E-state index contributed by atoms with van der Waals surface area (Å²) in [6, 6.07) is 15.2. The maximum Gasteiger partial charge on any atom is 0.161 e. The minimum Gasteiger partial charge on any atom is -0.493 e. The van der Waals surface area contributed by atoms with Gasteiger partial charge in [0.15, 0.2) is 11.5 Å². The zero-order chi connectivity index (χ0) is 21.3. The van der Waals surface area contributed by atoms with Gasteiger partial charge in [0.05, 0.1) is 14.2 Å². The van der Waals surface area contributed by atoms with Crippen molar-refractivity contribution >= 4 is 0 Å². The van der Waals surface area contributed by atoms with E-state index in [2.05, 4.69) is 61.2 Å². The first-order chi connectivity index (χ1) is 14.7. The molecule has 1 saturated heterocycles. The van der Waals surface area contributed by atoms with E-state index in [0.717, 1.165) is 29.9 Å². The second kappa shape index (κ2) is 12.7. The fourth-order valence-electron chi connectivity index (χ4n) is 4.90. The number of fused-ring (bicyclic) bond motifs is 1. The van der Waals surface area contributed by atoms with Gasteiger partial charge in [-0.2, -0.15) is 0 Å². The summed E-state index contributed by atoms with van der Waals surface area (Å²) in [5.74, 6) is 3.39. The zero-order valence-corrected chi connectivity index (χ0v) is 19.8. The Balaban J connectivity index is 0.000000808. The third kappa shape index (κ3) is 6.98. The molecule has 4 heteroatoms. The van der Waals surface area contributed by atoms with E-state index in [9.17, 15) is 0 Å². The normalized spacial score (nSPS) is 16.6. The van der Waals surface area contributed by atoms with Crippen molar-refractivity contribution < 1.29 is 14.9 Å². The quantitative estimate of drug-likeness (QED) is 0.627. The third-order valence-corrected chi connectivity index (χ3v) is 6.35. The molecule has 0 radical (unpaired) electrons. The molecule has 0 saturated carbocycles. The van der Waals surface area contributed by atoms with Crippen LogP contribution in [0.15, 0.2) is 42.5 Å². The summed E-state index contributed by atoms with van der Waals surface area (Å²) in [6.45, 7) is 7.82. The molecule has 0 aromatic heterocycles. The van der Waals surface area contributed by atoms with Crippen LogP contribution in [0.3, 0.4) is 0 Å². The molecule has 4 rings (SSSR count). The molecule has 172 valence electrons. The van der Waals surface area contributed by atoms with Gasteiger partial charge >= 0.3 is 0 Å². The molecule has 1 fully saturated rings. The van der Waals surface area contributed by atoms with E-state index < -0.39 is 0 Å². The Kier molecular flexibility index (Phi) is 10.4. The number of methoxy groups -OCH3 is 2. The van der Waals surface area contributed by atoms with Crippen LogP contribution in [0.2, 0.25) is 0 Å². The summed E-state index contributed by atoms with van der Waals surface area (Å²) >= 11 is 0. The smallest absolute Gasteiger partial charge is 0.161 e. The summed E-state index contributed by atoms with van der Waals surface area (Å²) in [5, 5.41) is 0. The molecule has 2 N–H and O–H groups in total. The van der Waals surface area contributed by atoms with Gasteiger partial charge in [-0.15, -0.1) is 0 Å². The van der Waals surface area contributed by atoms with Crippen molar-refractivity contribution in [3.05, 3.63) is 59.2 Å². The van der Waals surface area contributed by atoms with Gasteiger partial charge < -0.3 is 14.9 Å². The standard InChI is InChI=1S/C24H31NO2.C3H8.H2O/c1-26-23-15-21-13-20(14-22(21)16-24(23)27-2)12-18-8-10-25(11-9-18)17-19-6-4-3-5-7-19;1-3-2;/h3-7,15-16,18,20H,8-14,17H2,1-2H3;3H2,1-2H3;1H2. The van der Waals surface area contributed by atoms with Crippen molar-refractivity contribution in [2.45, 2.75) is 58.9 Å². The Morgan fingerprint density at radius 3 is 1.84 bits per heavy atom. The Labute approximate surface area is 188 Å². The van der Waals surface area contributed by atoms with E-state index in [4.69, 9.17) is 9.47 Å². The number of ether oxygens (including phenoxy) is 2. The van der Waals surface area contributed by atoms with Crippen molar-refractivity contribution in [2.75, 3.05) is 27.3 Å².